The maximum absolute atomic E-state index is 2.47. The Labute approximate surface area is 297 Å². The summed E-state index contributed by atoms with van der Waals surface area (Å²) in [6, 6.07) is 62.0. The van der Waals surface area contributed by atoms with Gasteiger partial charge in [0, 0.05) is 38.1 Å². The first-order chi connectivity index (χ1) is 25.2. The molecule has 2 heterocycles. The lowest BCUT2D eigenvalue weighted by atomic mass is 9.98. The van der Waals surface area contributed by atoms with E-state index in [1.54, 1.807) is 0 Å². The number of aromatic nitrogens is 2. The molecule has 1 atom stereocenters. The summed E-state index contributed by atoms with van der Waals surface area (Å²) in [6.07, 6.45) is 5.95. The lowest BCUT2D eigenvalue weighted by Crippen LogP contribution is -2.31. The summed E-state index contributed by atoms with van der Waals surface area (Å²) in [7, 11) is 0. The summed E-state index contributed by atoms with van der Waals surface area (Å²) in [5, 5.41) is 6.47. The van der Waals surface area contributed by atoms with Crippen LogP contribution in [0.2, 0.25) is 0 Å². The molecule has 2 heteroatoms. The summed E-state index contributed by atoms with van der Waals surface area (Å²) in [5.41, 5.74) is 13.4. The third-order valence-corrected chi connectivity index (χ3v) is 10.6. The van der Waals surface area contributed by atoms with Crippen molar-refractivity contribution in [1.29, 1.82) is 0 Å². The number of para-hydroxylation sites is 1. The van der Waals surface area contributed by atoms with Crippen LogP contribution in [0.4, 0.5) is 0 Å². The summed E-state index contributed by atoms with van der Waals surface area (Å²) in [4.78, 5) is 0. The monoisotopic (exact) mass is 652 g/mol. The van der Waals surface area contributed by atoms with E-state index in [-0.39, 0.29) is 0 Å². The first kappa shape index (κ1) is 29.5. The van der Waals surface area contributed by atoms with E-state index in [9.17, 15) is 0 Å². The molecule has 0 N–H and O–H groups in total. The number of rotatable bonds is 5. The second kappa shape index (κ2) is 11.9. The van der Waals surface area contributed by atoms with Gasteiger partial charge >= 0.3 is 0 Å². The van der Waals surface area contributed by atoms with Crippen LogP contribution in [-0.2, 0) is 0 Å². The molecule has 10 rings (SSSR count). The lowest BCUT2D eigenvalue weighted by Gasteiger charge is -2.11. The summed E-state index contributed by atoms with van der Waals surface area (Å²) in [6.45, 7) is 2.32. The molecule has 0 radical (unpaired) electrons. The van der Waals surface area contributed by atoms with Gasteiger partial charge in [0.2, 0.25) is 0 Å². The zero-order valence-corrected chi connectivity index (χ0v) is 28.5. The number of hydrogen-bond donors (Lipinski definition) is 0. The van der Waals surface area contributed by atoms with Crippen molar-refractivity contribution in [3.63, 3.8) is 0 Å². The van der Waals surface area contributed by atoms with E-state index in [4.69, 9.17) is 0 Å². The van der Waals surface area contributed by atoms with Gasteiger partial charge < -0.3 is 9.13 Å². The van der Waals surface area contributed by atoms with Crippen molar-refractivity contribution in [3.05, 3.63) is 180 Å². The van der Waals surface area contributed by atoms with Crippen molar-refractivity contribution >= 4 is 44.9 Å². The van der Waals surface area contributed by atoms with Gasteiger partial charge in [-0.3, -0.25) is 0 Å². The highest BCUT2D eigenvalue weighted by Gasteiger charge is 2.17. The molecule has 2 nitrogen and oxygen atoms in total. The fourth-order valence-corrected chi connectivity index (χ4v) is 8.12. The van der Waals surface area contributed by atoms with Crippen molar-refractivity contribution in [2.24, 2.45) is 5.92 Å². The quantitative estimate of drug-likeness (QED) is 0.175. The molecule has 2 aromatic heterocycles. The van der Waals surface area contributed by atoms with Gasteiger partial charge in [0.15, 0.2) is 0 Å². The van der Waals surface area contributed by atoms with Crippen LogP contribution in [0.5, 0.6) is 0 Å². The summed E-state index contributed by atoms with van der Waals surface area (Å²) in [5.74, 6) is 0.505. The van der Waals surface area contributed by atoms with Crippen LogP contribution < -0.4 is 10.6 Å². The molecule has 0 bridgehead atoms. The molecule has 1 unspecified atom stereocenters. The SMILES string of the molecule is CC1C=c2c(n(-c3ccc(-c4ccccc4)cc3)c3ccc(-c4ccc5c(c4)c4ccccc4n5-c4ccc(-c5ccccc5)cc4)cc23)=CC1. The maximum Gasteiger partial charge on any atom is 0.0541 e. The molecule has 0 aliphatic heterocycles. The molecule has 1 aliphatic carbocycles. The van der Waals surface area contributed by atoms with E-state index in [0.29, 0.717) is 5.92 Å². The van der Waals surface area contributed by atoms with Gasteiger partial charge in [0.25, 0.3) is 0 Å². The van der Waals surface area contributed by atoms with Crippen LogP contribution in [0.25, 0.3) is 89.6 Å². The highest BCUT2D eigenvalue weighted by atomic mass is 15.0. The highest BCUT2D eigenvalue weighted by Crippen LogP contribution is 2.36. The second-order valence-electron chi connectivity index (χ2n) is 13.9. The fourth-order valence-electron chi connectivity index (χ4n) is 8.12. The molecule has 0 saturated heterocycles. The largest absolute Gasteiger partial charge is 0.310 e. The Morgan fingerprint density at radius 1 is 0.412 bits per heavy atom. The molecule has 0 fully saturated rings. The van der Waals surface area contributed by atoms with Crippen LogP contribution >= 0.6 is 0 Å². The van der Waals surface area contributed by atoms with E-state index >= 15 is 0 Å². The van der Waals surface area contributed by atoms with Crippen LogP contribution in [0.3, 0.4) is 0 Å². The van der Waals surface area contributed by atoms with E-state index in [2.05, 4.69) is 198 Å². The molecule has 0 spiro atoms. The Morgan fingerprint density at radius 3 is 1.51 bits per heavy atom. The molecule has 1 aliphatic rings. The molecular weight excluding hydrogens is 617 g/mol. The summed E-state index contributed by atoms with van der Waals surface area (Å²) < 4.78 is 4.85. The van der Waals surface area contributed by atoms with Crippen molar-refractivity contribution in [3.8, 4) is 44.8 Å². The van der Waals surface area contributed by atoms with Crippen LogP contribution in [0.1, 0.15) is 13.3 Å². The Hall–Kier alpha value is -6.38. The normalized spacial score (nSPS) is 14.0. The zero-order valence-electron chi connectivity index (χ0n) is 28.5. The number of hydrogen-bond acceptors (Lipinski definition) is 0. The van der Waals surface area contributed by atoms with Gasteiger partial charge in [-0.05, 0) is 100 Å². The van der Waals surface area contributed by atoms with Gasteiger partial charge in [0.05, 0.1) is 16.6 Å². The third kappa shape index (κ3) is 4.94. The molecule has 0 amide bonds. The standard InChI is InChI=1S/C49H36N2/c1-33-16-27-47-43(30-33)45-32-39(22-29-49(45)51(47)41-25-19-37(20-26-41)35-12-6-3-7-13-35)38-21-28-48-44(31-38)42-14-8-9-15-46(42)50(48)40-23-17-36(18-24-40)34-10-4-2-5-11-34/h2-15,17-33H,16H2,1H3. The van der Waals surface area contributed by atoms with Gasteiger partial charge in [-0.25, -0.2) is 0 Å². The van der Waals surface area contributed by atoms with E-state index in [1.807, 2.05) is 0 Å². The first-order valence-corrected chi connectivity index (χ1v) is 17.9. The van der Waals surface area contributed by atoms with E-state index in [1.165, 1.54) is 88.0 Å². The van der Waals surface area contributed by atoms with Gasteiger partial charge in [0.1, 0.15) is 0 Å². The van der Waals surface area contributed by atoms with Crippen molar-refractivity contribution in [2.45, 2.75) is 13.3 Å². The smallest absolute Gasteiger partial charge is 0.0541 e. The average molecular weight is 653 g/mol. The van der Waals surface area contributed by atoms with Crippen LogP contribution in [-0.4, -0.2) is 9.13 Å². The first-order valence-electron chi connectivity index (χ1n) is 17.9. The number of nitrogens with zero attached hydrogens (tertiary/aromatic N) is 2. The summed E-state index contributed by atoms with van der Waals surface area (Å²) >= 11 is 0. The average Bonchev–Trinajstić information content (AvgIpc) is 3.70. The third-order valence-electron chi connectivity index (χ3n) is 10.6. The van der Waals surface area contributed by atoms with Crippen molar-refractivity contribution < 1.29 is 0 Å². The van der Waals surface area contributed by atoms with E-state index in [0.717, 1.165) is 6.42 Å². The van der Waals surface area contributed by atoms with Crippen LogP contribution in [0, 0.1) is 5.92 Å². The number of fused-ring (bicyclic) bond motifs is 6. The minimum atomic E-state index is 0.505. The predicted octanol–water partition coefficient (Wildman–Crippen LogP) is 11.3. The van der Waals surface area contributed by atoms with Crippen LogP contribution in [0.15, 0.2) is 170 Å². The van der Waals surface area contributed by atoms with E-state index < -0.39 is 0 Å². The minimum Gasteiger partial charge on any atom is -0.310 e. The lowest BCUT2D eigenvalue weighted by molar-refractivity contribution is 0.795. The van der Waals surface area contributed by atoms with Crippen molar-refractivity contribution in [1.82, 2.24) is 9.13 Å². The molecular formula is C49H36N2. The molecule has 9 aromatic rings. The molecule has 51 heavy (non-hydrogen) atoms. The fraction of sp³-hybridized carbons (Fsp3) is 0.0612. The Morgan fingerprint density at radius 2 is 0.882 bits per heavy atom. The Bertz CT molecular complexity index is 2860. The zero-order chi connectivity index (χ0) is 33.9. The predicted molar refractivity (Wildman–Crippen MR) is 216 cm³/mol. The highest BCUT2D eigenvalue weighted by molar-refractivity contribution is 6.10. The topological polar surface area (TPSA) is 9.86 Å². The Kier molecular flexibility index (Phi) is 6.89. The van der Waals surface area contributed by atoms with Gasteiger partial charge in [-0.15, -0.1) is 0 Å². The van der Waals surface area contributed by atoms with Gasteiger partial charge in [-0.2, -0.15) is 0 Å². The molecule has 7 aromatic carbocycles. The second-order valence-corrected chi connectivity index (χ2v) is 13.9. The number of benzene rings is 7. The maximum atomic E-state index is 2.47. The molecule has 242 valence electrons. The minimum absolute atomic E-state index is 0.505. The molecule has 0 saturated carbocycles. The van der Waals surface area contributed by atoms with Crippen molar-refractivity contribution in [2.75, 3.05) is 0 Å². The Balaban J connectivity index is 1.09. The van der Waals surface area contributed by atoms with Gasteiger partial charge in [-0.1, -0.05) is 134 Å².